The molecule has 6 heteroatoms. The molecule has 1 aliphatic rings. The normalized spacial score (nSPS) is 16.7. The van der Waals surface area contributed by atoms with Crippen molar-refractivity contribution in [3.8, 4) is 16.9 Å². The zero-order valence-corrected chi connectivity index (χ0v) is 18.5. The summed E-state index contributed by atoms with van der Waals surface area (Å²) in [6, 6.07) is 11.1. The number of hydrogen-bond acceptors (Lipinski definition) is 4. The van der Waals surface area contributed by atoms with Crippen LogP contribution in [-0.4, -0.2) is 20.4 Å². The fourth-order valence-corrected chi connectivity index (χ4v) is 4.74. The molecular weight excluding hydrogens is 370 g/mol. The highest BCUT2D eigenvalue weighted by atomic mass is 28.4. The molecule has 0 aromatic heterocycles. The van der Waals surface area contributed by atoms with Gasteiger partial charge in [-0.1, -0.05) is 39.0 Å². The topological polar surface area (TPSA) is 61.6 Å². The molecule has 3 rings (SSSR count). The van der Waals surface area contributed by atoms with Gasteiger partial charge in [0.15, 0.2) is 8.32 Å². The zero-order chi connectivity index (χ0) is 20.7. The third-order valence-corrected chi connectivity index (χ3v) is 10.6. The Morgan fingerprint density at radius 2 is 1.86 bits per heavy atom. The largest absolute Gasteiger partial charge is 0.497 e. The van der Waals surface area contributed by atoms with Crippen molar-refractivity contribution in [1.82, 2.24) is 0 Å². The molecule has 0 aliphatic heterocycles. The fraction of sp³-hybridized carbons (Fsp3) is 0.455. The summed E-state index contributed by atoms with van der Waals surface area (Å²) in [6.07, 6.45) is 2.03. The van der Waals surface area contributed by atoms with E-state index in [0.29, 0.717) is 11.3 Å². The number of benzene rings is 2. The summed E-state index contributed by atoms with van der Waals surface area (Å²) in [6.45, 7) is 11.3. The lowest BCUT2D eigenvalue weighted by Crippen LogP contribution is -2.41. The van der Waals surface area contributed by atoms with Gasteiger partial charge in [-0.3, -0.25) is 10.1 Å². The molecule has 0 amide bonds. The molecule has 2 aromatic rings. The standard InChI is InChI=1S/C22H29NO4Si/c1-22(2,3)28(5,6)27-21-12-8-16-13-15(7-10-19(16)21)18-11-9-17(26-4)14-20(18)23(24)25/h7,9-11,13-14,21H,8,12H2,1-6H3. The average molecular weight is 400 g/mol. The van der Waals surface area contributed by atoms with Crippen molar-refractivity contribution in [3.63, 3.8) is 0 Å². The van der Waals surface area contributed by atoms with Crippen LogP contribution in [-0.2, 0) is 10.8 Å². The van der Waals surface area contributed by atoms with Crippen LogP contribution in [0.2, 0.25) is 18.1 Å². The lowest BCUT2D eigenvalue weighted by atomic mass is 9.99. The van der Waals surface area contributed by atoms with Crippen LogP contribution in [0.3, 0.4) is 0 Å². The molecule has 5 nitrogen and oxygen atoms in total. The van der Waals surface area contributed by atoms with Crippen LogP contribution >= 0.6 is 0 Å². The zero-order valence-electron chi connectivity index (χ0n) is 17.5. The molecule has 150 valence electrons. The Bertz CT molecular complexity index is 902. The van der Waals surface area contributed by atoms with Crippen LogP contribution < -0.4 is 4.74 Å². The minimum Gasteiger partial charge on any atom is -0.497 e. The van der Waals surface area contributed by atoms with Crippen molar-refractivity contribution >= 4 is 14.0 Å². The Morgan fingerprint density at radius 1 is 1.14 bits per heavy atom. The number of methoxy groups -OCH3 is 1. The van der Waals surface area contributed by atoms with Gasteiger partial charge in [0.1, 0.15) is 5.75 Å². The maximum atomic E-state index is 11.5. The van der Waals surface area contributed by atoms with Crippen molar-refractivity contribution in [2.75, 3.05) is 7.11 Å². The van der Waals surface area contributed by atoms with Gasteiger partial charge < -0.3 is 9.16 Å². The number of aryl methyl sites for hydroxylation is 1. The molecule has 1 unspecified atom stereocenters. The minimum atomic E-state index is -1.85. The van der Waals surface area contributed by atoms with E-state index in [1.165, 1.54) is 24.3 Å². The van der Waals surface area contributed by atoms with E-state index in [1.807, 2.05) is 6.07 Å². The number of nitro groups is 1. The summed E-state index contributed by atoms with van der Waals surface area (Å²) in [5.41, 5.74) is 3.99. The van der Waals surface area contributed by atoms with Crippen LogP contribution in [0.1, 0.15) is 44.4 Å². The second-order valence-electron chi connectivity index (χ2n) is 8.96. The molecule has 2 aromatic carbocycles. The molecule has 28 heavy (non-hydrogen) atoms. The van der Waals surface area contributed by atoms with E-state index in [1.54, 1.807) is 12.1 Å². The van der Waals surface area contributed by atoms with Crippen LogP contribution in [0, 0.1) is 10.1 Å². The number of hydrogen-bond donors (Lipinski definition) is 0. The predicted molar refractivity (Wildman–Crippen MR) is 114 cm³/mol. The third kappa shape index (κ3) is 3.84. The Balaban J connectivity index is 1.93. The van der Waals surface area contributed by atoms with E-state index in [2.05, 4.69) is 46.0 Å². The van der Waals surface area contributed by atoms with E-state index < -0.39 is 8.32 Å². The smallest absolute Gasteiger partial charge is 0.280 e. The van der Waals surface area contributed by atoms with Gasteiger partial charge >= 0.3 is 0 Å². The Kier molecular flexibility index (Phi) is 5.38. The summed E-state index contributed by atoms with van der Waals surface area (Å²) in [5.74, 6) is 0.486. The maximum absolute atomic E-state index is 11.5. The van der Waals surface area contributed by atoms with E-state index >= 15 is 0 Å². The van der Waals surface area contributed by atoms with Gasteiger partial charge in [-0.2, -0.15) is 0 Å². The molecule has 0 saturated carbocycles. The first-order chi connectivity index (χ1) is 13.0. The number of fused-ring (bicyclic) bond motifs is 1. The number of ether oxygens (including phenoxy) is 1. The molecule has 0 heterocycles. The first-order valence-electron chi connectivity index (χ1n) is 9.67. The summed E-state index contributed by atoms with van der Waals surface area (Å²) in [4.78, 5) is 11.2. The second kappa shape index (κ2) is 7.33. The lowest BCUT2D eigenvalue weighted by Gasteiger charge is -2.38. The highest BCUT2D eigenvalue weighted by molar-refractivity contribution is 6.74. The molecule has 0 radical (unpaired) electrons. The van der Waals surface area contributed by atoms with E-state index in [4.69, 9.17) is 9.16 Å². The van der Waals surface area contributed by atoms with Gasteiger partial charge in [-0.25, -0.2) is 0 Å². The molecular formula is C22H29NO4Si. The van der Waals surface area contributed by atoms with E-state index in [9.17, 15) is 10.1 Å². The monoisotopic (exact) mass is 399 g/mol. The highest BCUT2D eigenvalue weighted by Crippen LogP contribution is 2.44. The fourth-order valence-electron chi connectivity index (χ4n) is 3.43. The number of rotatable bonds is 5. The van der Waals surface area contributed by atoms with Gasteiger partial charge in [0.2, 0.25) is 0 Å². The first-order valence-corrected chi connectivity index (χ1v) is 12.6. The van der Waals surface area contributed by atoms with Crippen LogP contribution in [0.4, 0.5) is 5.69 Å². The summed E-state index contributed by atoms with van der Waals surface area (Å²) in [5, 5.41) is 11.7. The van der Waals surface area contributed by atoms with E-state index in [-0.39, 0.29) is 21.8 Å². The van der Waals surface area contributed by atoms with Gasteiger partial charge in [0.25, 0.3) is 5.69 Å². The average Bonchev–Trinajstić information content (AvgIpc) is 3.01. The van der Waals surface area contributed by atoms with Gasteiger partial charge in [-0.05, 0) is 59.8 Å². The Hall–Kier alpha value is -2.18. The molecule has 0 N–H and O–H groups in total. The quantitative estimate of drug-likeness (QED) is 0.337. The SMILES string of the molecule is COc1ccc(-c2ccc3c(c2)CCC3O[Si](C)(C)C(C)(C)C)c([N+](=O)[O-])c1. The first kappa shape index (κ1) is 20.5. The Labute approximate surface area is 168 Å². The van der Waals surface area contributed by atoms with Crippen molar-refractivity contribution < 1.29 is 14.1 Å². The summed E-state index contributed by atoms with van der Waals surface area (Å²) < 4.78 is 11.8. The number of nitrogens with zero attached hydrogens (tertiary/aromatic N) is 1. The second-order valence-corrected chi connectivity index (χ2v) is 13.7. The third-order valence-electron chi connectivity index (χ3n) is 6.12. The number of nitro benzene ring substituents is 1. The van der Waals surface area contributed by atoms with Crippen molar-refractivity contribution in [2.24, 2.45) is 0 Å². The Morgan fingerprint density at radius 3 is 2.46 bits per heavy atom. The molecule has 0 spiro atoms. The highest BCUT2D eigenvalue weighted by Gasteiger charge is 2.40. The van der Waals surface area contributed by atoms with E-state index in [0.717, 1.165) is 18.4 Å². The molecule has 1 aliphatic carbocycles. The van der Waals surface area contributed by atoms with Gasteiger partial charge in [-0.15, -0.1) is 0 Å². The molecule has 0 saturated heterocycles. The molecule has 0 fully saturated rings. The van der Waals surface area contributed by atoms with Crippen molar-refractivity contribution in [3.05, 3.63) is 57.6 Å². The van der Waals surface area contributed by atoms with Crippen LogP contribution in [0.25, 0.3) is 11.1 Å². The van der Waals surface area contributed by atoms with Crippen LogP contribution in [0.15, 0.2) is 36.4 Å². The minimum absolute atomic E-state index is 0.0615. The maximum Gasteiger partial charge on any atom is 0.280 e. The molecule has 1 atom stereocenters. The van der Waals surface area contributed by atoms with Crippen molar-refractivity contribution in [1.29, 1.82) is 0 Å². The molecule has 0 bridgehead atoms. The predicted octanol–water partition coefficient (Wildman–Crippen LogP) is 6.28. The summed E-state index contributed by atoms with van der Waals surface area (Å²) in [7, 11) is -0.343. The lowest BCUT2D eigenvalue weighted by molar-refractivity contribution is -0.384. The van der Waals surface area contributed by atoms with Gasteiger partial charge in [0.05, 0.1) is 29.8 Å². The van der Waals surface area contributed by atoms with Crippen molar-refractivity contribution in [2.45, 2.75) is 57.8 Å². The summed E-state index contributed by atoms with van der Waals surface area (Å²) >= 11 is 0. The van der Waals surface area contributed by atoms with Gasteiger partial charge in [0, 0.05) is 0 Å². The van der Waals surface area contributed by atoms with Crippen LogP contribution in [0.5, 0.6) is 5.75 Å².